The summed E-state index contributed by atoms with van der Waals surface area (Å²) < 4.78 is 40.9. The van der Waals surface area contributed by atoms with E-state index in [9.17, 15) is 18.0 Å². The van der Waals surface area contributed by atoms with Gasteiger partial charge in [0.15, 0.2) is 0 Å². The molecule has 0 aliphatic carbocycles. The minimum atomic E-state index is -4.54. The minimum absolute atomic E-state index is 0. The predicted molar refractivity (Wildman–Crippen MR) is 108 cm³/mol. The van der Waals surface area contributed by atoms with Crippen LogP contribution in [-0.4, -0.2) is 35.1 Å². The lowest BCUT2D eigenvalue weighted by Gasteiger charge is -2.22. The summed E-state index contributed by atoms with van der Waals surface area (Å²) in [6.07, 6.45) is -2.40. The van der Waals surface area contributed by atoms with E-state index in [1.807, 2.05) is 0 Å². The van der Waals surface area contributed by atoms with Gasteiger partial charge in [0.2, 0.25) is 5.82 Å². The predicted octanol–water partition coefficient (Wildman–Crippen LogP) is 4.21. The highest BCUT2D eigenvalue weighted by atomic mass is 35.5. The number of amides is 1. The zero-order chi connectivity index (χ0) is 18.9. The molecule has 1 aromatic carbocycles. The zero-order valence-corrected chi connectivity index (χ0v) is 17.3. The number of alkyl halides is 3. The van der Waals surface area contributed by atoms with Crippen molar-refractivity contribution in [2.24, 2.45) is 5.92 Å². The van der Waals surface area contributed by atoms with Gasteiger partial charge in [0, 0.05) is 18.2 Å². The maximum absolute atomic E-state index is 13.3. The van der Waals surface area contributed by atoms with Crippen molar-refractivity contribution in [3.05, 3.63) is 29.6 Å². The van der Waals surface area contributed by atoms with Crippen LogP contribution in [0.3, 0.4) is 0 Å². The van der Waals surface area contributed by atoms with Crippen LogP contribution < -0.4 is 10.6 Å². The van der Waals surface area contributed by atoms with E-state index in [2.05, 4.69) is 15.6 Å². The molecular weight excluding hydrogens is 416 g/mol. The summed E-state index contributed by atoms with van der Waals surface area (Å²) in [5.41, 5.74) is 0.877. The number of hydrogen-bond acceptors (Lipinski definition) is 3. The van der Waals surface area contributed by atoms with Crippen LogP contribution in [0.15, 0.2) is 18.2 Å². The fourth-order valence-electron chi connectivity index (χ4n) is 3.40. The average molecular weight is 441 g/mol. The number of rotatable bonds is 4. The first-order chi connectivity index (χ1) is 12.3. The molecule has 158 valence electrons. The first-order valence-corrected chi connectivity index (χ1v) is 8.85. The zero-order valence-electron chi connectivity index (χ0n) is 15.7. The summed E-state index contributed by atoms with van der Waals surface area (Å²) in [7, 11) is 0. The van der Waals surface area contributed by atoms with E-state index in [-0.39, 0.29) is 36.2 Å². The van der Waals surface area contributed by atoms with Crippen LogP contribution in [0, 0.1) is 5.92 Å². The molecule has 1 saturated heterocycles. The van der Waals surface area contributed by atoms with Crippen LogP contribution in [0.4, 0.5) is 13.2 Å². The van der Waals surface area contributed by atoms with Crippen molar-refractivity contribution in [2.45, 2.75) is 38.9 Å². The molecule has 1 aliphatic rings. The Kier molecular flexibility index (Phi) is 8.59. The van der Waals surface area contributed by atoms with Gasteiger partial charge in [-0.25, -0.2) is 4.98 Å². The van der Waals surface area contributed by atoms with E-state index < -0.39 is 18.0 Å². The molecule has 0 saturated carbocycles. The van der Waals surface area contributed by atoms with Crippen molar-refractivity contribution in [3.8, 4) is 0 Å². The lowest BCUT2D eigenvalue weighted by atomic mass is 9.99. The Hall–Kier alpha value is -1.51. The largest absolute Gasteiger partial charge is 0.449 e. The molecule has 1 unspecified atom stereocenters. The molecule has 0 spiro atoms. The second-order valence-corrected chi connectivity index (χ2v) is 7.02. The number of halogens is 5. The van der Waals surface area contributed by atoms with Gasteiger partial charge in [-0.05, 0) is 63.9 Å². The van der Waals surface area contributed by atoms with Crippen LogP contribution >= 0.6 is 24.8 Å². The van der Waals surface area contributed by atoms with Crippen molar-refractivity contribution < 1.29 is 18.0 Å². The molecule has 1 amide bonds. The molecule has 0 radical (unpaired) electrons. The number of imidazole rings is 1. The van der Waals surface area contributed by atoms with E-state index in [4.69, 9.17) is 0 Å². The normalized spacial score (nSPS) is 17.1. The van der Waals surface area contributed by atoms with Gasteiger partial charge in [-0.1, -0.05) is 0 Å². The lowest BCUT2D eigenvalue weighted by Crippen LogP contribution is -2.38. The summed E-state index contributed by atoms with van der Waals surface area (Å²) in [4.78, 5) is 16.1. The number of fused-ring (bicyclic) bond motifs is 1. The second kappa shape index (κ2) is 9.80. The fraction of sp³-hybridized carbons (Fsp3) is 0.556. The van der Waals surface area contributed by atoms with Crippen LogP contribution in [-0.2, 0) is 6.18 Å². The number of aromatic nitrogens is 2. The highest BCUT2D eigenvalue weighted by Crippen LogP contribution is 2.33. The third kappa shape index (κ3) is 5.30. The highest BCUT2D eigenvalue weighted by molar-refractivity contribution is 5.97. The molecule has 0 bridgehead atoms. The molecule has 5 nitrogen and oxygen atoms in total. The van der Waals surface area contributed by atoms with Gasteiger partial charge in [-0.15, -0.1) is 24.8 Å². The van der Waals surface area contributed by atoms with Gasteiger partial charge in [-0.2, -0.15) is 13.2 Å². The Morgan fingerprint density at radius 2 is 2.07 bits per heavy atom. The van der Waals surface area contributed by atoms with E-state index in [0.29, 0.717) is 23.5 Å². The molecule has 2 heterocycles. The minimum Gasteiger partial charge on any atom is -0.352 e. The maximum atomic E-state index is 13.3. The summed E-state index contributed by atoms with van der Waals surface area (Å²) in [5, 5.41) is 6.16. The van der Waals surface area contributed by atoms with Crippen LogP contribution in [0.1, 0.15) is 48.9 Å². The maximum Gasteiger partial charge on any atom is 0.449 e. The Bertz CT molecular complexity index is 802. The molecule has 1 fully saturated rings. The average Bonchev–Trinajstić information content (AvgIpc) is 3.00. The number of nitrogens with one attached hydrogen (secondary N) is 2. The topological polar surface area (TPSA) is 59.0 Å². The first-order valence-electron chi connectivity index (χ1n) is 8.85. The van der Waals surface area contributed by atoms with Crippen LogP contribution in [0.5, 0.6) is 0 Å². The van der Waals surface area contributed by atoms with Gasteiger partial charge < -0.3 is 15.2 Å². The Morgan fingerprint density at radius 1 is 1.36 bits per heavy atom. The third-order valence-electron chi connectivity index (χ3n) is 4.67. The summed E-state index contributed by atoms with van der Waals surface area (Å²) in [6, 6.07) is 4.12. The van der Waals surface area contributed by atoms with Crippen molar-refractivity contribution >= 4 is 41.8 Å². The SMILES string of the molecule is CC(C)n1c(C(F)(F)F)nc2cc(C(=O)NCC3CCCNC3)ccc21.Cl.Cl. The summed E-state index contributed by atoms with van der Waals surface area (Å²) in [6.45, 7) is 5.77. The molecule has 2 N–H and O–H groups in total. The molecule has 3 rings (SSSR count). The van der Waals surface area contributed by atoms with Crippen molar-refractivity contribution in [1.29, 1.82) is 0 Å². The standard InChI is InChI=1S/C18H23F3N4O.2ClH/c1-11(2)25-15-6-5-13(8-14(15)24-17(25)18(19,20)21)16(26)23-10-12-4-3-7-22-9-12;;/h5-6,8,11-12,22H,3-4,7,9-10H2,1-2H3,(H,23,26);2*1H. The van der Waals surface area contributed by atoms with Gasteiger partial charge in [0.1, 0.15) is 0 Å². The summed E-state index contributed by atoms with van der Waals surface area (Å²) >= 11 is 0. The highest BCUT2D eigenvalue weighted by Gasteiger charge is 2.38. The van der Waals surface area contributed by atoms with Crippen LogP contribution in [0.25, 0.3) is 11.0 Å². The Labute approximate surface area is 174 Å². The fourth-order valence-corrected chi connectivity index (χ4v) is 3.40. The summed E-state index contributed by atoms with van der Waals surface area (Å²) in [5.74, 6) is -0.841. The van der Waals surface area contributed by atoms with Gasteiger partial charge in [-0.3, -0.25) is 4.79 Å². The number of piperidine rings is 1. The Balaban J connectivity index is 0.00000196. The van der Waals surface area contributed by atoms with Crippen molar-refractivity contribution in [1.82, 2.24) is 20.2 Å². The second-order valence-electron chi connectivity index (χ2n) is 7.02. The monoisotopic (exact) mass is 440 g/mol. The van der Waals surface area contributed by atoms with E-state index in [0.717, 1.165) is 30.5 Å². The lowest BCUT2D eigenvalue weighted by molar-refractivity contribution is -0.147. The van der Waals surface area contributed by atoms with Crippen molar-refractivity contribution in [2.75, 3.05) is 19.6 Å². The van der Waals surface area contributed by atoms with E-state index in [1.54, 1.807) is 19.9 Å². The number of hydrogen-bond donors (Lipinski definition) is 2. The molecule has 2 aromatic rings. The van der Waals surface area contributed by atoms with Crippen molar-refractivity contribution in [3.63, 3.8) is 0 Å². The molecule has 10 heteroatoms. The Morgan fingerprint density at radius 3 is 2.64 bits per heavy atom. The van der Waals surface area contributed by atoms with Gasteiger partial charge >= 0.3 is 6.18 Å². The molecule has 28 heavy (non-hydrogen) atoms. The molecule has 1 aliphatic heterocycles. The molecule has 1 atom stereocenters. The number of benzene rings is 1. The van der Waals surface area contributed by atoms with Gasteiger partial charge in [0.25, 0.3) is 5.91 Å². The van der Waals surface area contributed by atoms with E-state index >= 15 is 0 Å². The third-order valence-corrected chi connectivity index (χ3v) is 4.67. The van der Waals surface area contributed by atoms with Crippen LogP contribution in [0.2, 0.25) is 0 Å². The quantitative estimate of drug-likeness (QED) is 0.748. The molecule has 1 aromatic heterocycles. The van der Waals surface area contributed by atoms with E-state index in [1.165, 1.54) is 12.1 Å². The van der Waals surface area contributed by atoms with Gasteiger partial charge in [0.05, 0.1) is 11.0 Å². The number of carbonyl (C=O) groups is 1. The smallest absolute Gasteiger partial charge is 0.352 e. The number of nitrogens with zero attached hydrogens (tertiary/aromatic N) is 2. The molecular formula is C18H25Cl2F3N4O. The first kappa shape index (κ1) is 24.5. The number of carbonyl (C=O) groups excluding carboxylic acids is 1.